The van der Waals surface area contributed by atoms with E-state index in [1.807, 2.05) is 6.07 Å². The van der Waals surface area contributed by atoms with Crippen molar-refractivity contribution in [3.63, 3.8) is 0 Å². The lowest BCUT2D eigenvalue weighted by atomic mass is 10.2. The van der Waals surface area contributed by atoms with Crippen LogP contribution in [-0.4, -0.2) is 23.0 Å². The van der Waals surface area contributed by atoms with Gasteiger partial charge in [0.25, 0.3) is 5.91 Å². The molecule has 9 heteroatoms. The third-order valence-electron chi connectivity index (χ3n) is 3.63. The summed E-state index contributed by atoms with van der Waals surface area (Å²) in [7, 11) is 1.55. The fraction of sp³-hybridized carbons (Fsp3) is 0.0556. The minimum Gasteiger partial charge on any atom is -0.495 e. The van der Waals surface area contributed by atoms with Gasteiger partial charge < -0.3 is 15.8 Å². The first-order valence-corrected chi connectivity index (χ1v) is 8.28. The number of hydrazine groups is 1. The quantitative estimate of drug-likeness (QED) is 0.482. The molecule has 5 N–H and O–H groups in total. The van der Waals surface area contributed by atoms with Crippen LogP contribution in [0, 0.1) is 0 Å². The first-order valence-electron chi connectivity index (χ1n) is 7.91. The van der Waals surface area contributed by atoms with Gasteiger partial charge in [-0.3, -0.25) is 15.6 Å². The summed E-state index contributed by atoms with van der Waals surface area (Å²) in [4.78, 5) is 20.3. The van der Waals surface area contributed by atoms with Gasteiger partial charge in [-0.1, -0.05) is 29.8 Å². The summed E-state index contributed by atoms with van der Waals surface area (Å²) < 4.78 is 5.29. The zero-order valence-electron chi connectivity index (χ0n) is 14.4. The van der Waals surface area contributed by atoms with E-state index in [4.69, 9.17) is 22.1 Å². The number of aromatic nitrogens is 2. The number of rotatable bonds is 6. The minimum atomic E-state index is -0.320. The second-order valence-electron chi connectivity index (χ2n) is 5.40. The summed E-state index contributed by atoms with van der Waals surface area (Å²) in [6, 6.07) is 13.9. The van der Waals surface area contributed by atoms with Gasteiger partial charge in [-0.25, -0.2) is 9.97 Å². The third-order valence-corrected chi connectivity index (χ3v) is 3.86. The fourth-order valence-electron chi connectivity index (χ4n) is 2.28. The Hall–Kier alpha value is -3.52. The van der Waals surface area contributed by atoms with E-state index in [1.165, 1.54) is 6.33 Å². The van der Waals surface area contributed by atoms with Crippen LogP contribution in [0.2, 0.25) is 5.02 Å². The molecule has 0 unspecified atom stereocenters. The molecule has 0 fully saturated rings. The van der Waals surface area contributed by atoms with Gasteiger partial charge in [0.2, 0.25) is 0 Å². The van der Waals surface area contributed by atoms with Crippen LogP contribution in [0.3, 0.4) is 0 Å². The number of hydrogen-bond acceptors (Lipinski definition) is 7. The Kier molecular flexibility index (Phi) is 5.58. The highest BCUT2D eigenvalue weighted by Gasteiger charge is 2.12. The molecule has 0 saturated carbocycles. The van der Waals surface area contributed by atoms with E-state index in [1.54, 1.807) is 49.6 Å². The number of nitrogens with two attached hydrogens (primary N) is 1. The van der Waals surface area contributed by atoms with Crippen molar-refractivity contribution in [3.05, 3.63) is 65.4 Å². The van der Waals surface area contributed by atoms with Crippen LogP contribution in [0.4, 0.5) is 23.0 Å². The Balaban J connectivity index is 1.76. The third kappa shape index (κ3) is 4.36. The molecule has 138 valence electrons. The molecule has 0 radical (unpaired) electrons. The molecule has 0 aliphatic carbocycles. The number of nitrogens with one attached hydrogen (secondary N) is 3. The van der Waals surface area contributed by atoms with Crippen LogP contribution in [-0.2, 0) is 0 Å². The number of hydrogen-bond donors (Lipinski definition) is 4. The van der Waals surface area contributed by atoms with E-state index in [-0.39, 0.29) is 17.4 Å². The second kappa shape index (κ2) is 8.24. The molecule has 1 amide bonds. The van der Waals surface area contributed by atoms with Crippen molar-refractivity contribution in [2.45, 2.75) is 0 Å². The number of methoxy groups -OCH3 is 1. The van der Waals surface area contributed by atoms with Crippen molar-refractivity contribution < 1.29 is 9.53 Å². The number of anilines is 4. The van der Waals surface area contributed by atoms with Gasteiger partial charge in [-0.2, -0.15) is 0 Å². The summed E-state index contributed by atoms with van der Waals surface area (Å²) in [6.07, 6.45) is 1.31. The number of amides is 1. The summed E-state index contributed by atoms with van der Waals surface area (Å²) in [5.41, 5.74) is 12.7. The van der Waals surface area contributed by atoms with Crippen LogP contribution in [0.5, 0.6) is 5.75 Å². The molecule has 0 bridgehead atoms. The average Bonchev–Trinajstić information content (AvgIpc) is 2.69. The summed E-state index contributed by atoms with van der Waals surface area (Å²) >= 11 is 6.03. The number of halogens is 1. The van der Waals surface area contributed by atoms with Crippen LogP contribution in [0.1, 0.15) is 10.4 Å². The lowest BCUT2D eigenvalue weighted by Gasteiger charge is -2.15. The predicted molar refractivity (Wildman–Crippen MR) is 105 cm³/mol. The molecule has 2 aromatic carbocycles. The summed E-state index contributed by atoms with van der Waals surface area (Å²) in [5.74, 6) is 0.837. The standard InChI is InChI=1S/C18H17ClN6O2/c1-27-14-8-7-12(19)9-13(14)23-16-15(20)17(22-10-21-16)24-25-18(26)11-5-3-2-4-6-11/h2-10H,20H2,1H3,(H,25,26)(H2,21,22,23,24). The molecule has 8 nitrogen and oxygen atoms in total. The van der Waals surface area contributed by atoms with Crippen molar-refractivity contribution in [1.29, 1.82) is 0 Å². The molecule has 0 aliphatic heterocycles. The molecule has 1 heterocycles. The van der Waals surface area contributed by atoms with Crippen LogP contribution < -0.4 is 26.6 Å². The van der Waals surface area contributed by atoms with Gasteiger partial charge in [0.15, 0.2) is 11.6 Å². The number of ether oxygens (including phenoxy) is 1. The van der Waals surface area contributed by atoms with E-state index in [0.717, 1.165) is 0 Å². The first-order chi connectivity index (χ1) is 13.1. The van der Waals surface area contributed by atoms with Gasteiger partial charge in [0.1, 0.15) is 17.8 Å². The Bertz CT molecular complexity index is 952. The SMILES string of the molecule is COc1ccc(Cl)cc1Nc1ncnc(NNC(=O)c2ccccc2)c1N. The van der Waals surface area contributed by atoms with Gasteiger partial charge in [0.05, 0.1) is 12.8 Å². The zero-order valence-corrected chi connectivity index (χ0v) is 15.1. The number of nitrogens with zero attached hydrogens (tertiary/aromatic N) is 2. The molecule has 0 spiro atoms. The maximum atomic E-state index is 12.1. The highest BCUT2D eigenvalue weighted by Crippen LogP contribution is 2.32. The van der Waals surface area contributed by atoms with Crippen LogP contribution >= 0.6 is 11.6 Å². The molecular formula is C18H17ClN6O2. The van der Waals surface area contributed by atoms with Crippen molar-refractivity contribution >= 4 is 40.5 Å². The Morgan fingerprint density at radius 1 is 1.11 bits per heavy atom. The second-order valence-corrected chi connectivity index (χ2v) is 5.84. The monoisotopic (exact) mass is 384 g/mol. The molecule has 3 rings (SSSR count). The van der Waals surface area contributed by atoms with Crippen molar-refractivity contribution in [3.8, 4) is 5.75 Å². The van der Waals surface area contributed by atoms with Crippen LogP contribution in [0.15, 0.2) is 54.9 Å². The first kappa shape index (κ1) is 18.3. The fourth-order valence-corrected chi connectivity index (χ4v) is 2.45. The molecule has 0 atom stereocenters. The predicted octanol–water partition coefficient (Wildman–Crippen LogP) is 3.22. The molecule has 3 aromatic rings. The van der Waals surface area contributed by atoms with Crippen molar-refractivity contribution in [1.82, 2.24) is 15.4 Å². The highest BCUT2D eigenvalue weighted by molar-refractivity contribution is 6.31. The number of carbonyl (C=O) groups is 1. The van der Waals surface area contributed by atoms with Gasteiger partial charge in [-0.15, -0.1) is 0 Å². The maximum absolute atomic E-state index is 12.1. The Morgan fingerprint density at radius 2 is 1.85 bits per heavy atom. The molecule has 27 heavy (non-hydrogen) atoms. The molecule has 1 aromatic heterocycles. The van der Waals surface area contributed by atoms with Gasteiger partial charge in [0, 0.05) is 10.6 Å². The Morgan fingerprint density at radius 3 is 2.59 bits per heavy atom. The number of carbonyl (C=O) groups excluding carboxylic acids is 1. The maximum Gasteiger partial charge on any atom is 0.269 e. The minimum absolute atomic E-state index is 0.216. The largest absolute Gasteiger partial charge is 0.495 e. The lowest BCUT2D eigenvalue weighted by Crippen LogP contribution is -2.30. The summed E-state index contributed by atoms with van der Waals surface area (Å²) in [6.45, 7) is 0. The topological polar surface area (TPSA) is 114 Å². The number of benzene rings is 2. The molecule has 0 aliphatic rings. The van der Waals surface area contributed by atoms with Crippen molar-refractivity contribution in [2.75, 3.05) is 23.6 Å². The average molecular weight is 385 g/mol. The van der Waals surface area contributed by atoms with Gasteiger partial charge >= 0.3 is 0 Å². The van der Waals surface area contributed by atoms with E-state index in [0.29, 0.717) is 27.8 Å². The van der Waals surface area contributed by atoms with E-state index < -0.39 is 0 Å². The molecule has 0 saturated heterocycles. The normalized spacial score (nSPS) is 10.1. The highest BCUT2D eigenvalue weighted by atomic mass is 35.5. The summed E-state index contributed by atoms with van der Waals surface area (Å²) in [5, 5.41) is 3.58. The van der Waals surface area contributed by atoms with Crippen LogP contribution in [0.25, 0.3) is 0 Å². The van der Waals surface area contributed by atoms with Crippen molar-refractivity contribution in [2.24, 2.45) is 0 Å². The number of nitrogen functional groups attached to an aromatic ring is 1. The zero-order chi connectivity index (χ0) is 19.2. The van der Waals surface area contributed by atoms with E-state index in [2.05, 4.69) is 26.1 Å². The molecular weight excluding hydrogens is 368 g/mol. The lowest BCUT2D eigenvalue weighted by molar-refractivity contribution is 0.0962. The van der Waals surface area contributed by atoms with Gasteiger partial charge in [-0.05, 0) is 30.3 Å². The van der Waals surface area contributed by atoms with E-state index in [9.17, 15) is 4.79 Å². The smallest absolute Gasteiger partial charge is 0.269 e. The van der Waals surface area contributed by atoms with E-state index >= 15 is 0 Å². The Labute approximate surface area is 160 Å².